The van der Waals surface area contributed by atoms with Crippen molar-refractivity contribution in [2.75, 3.05) is 13.1 Å². The number of aryl methyl sites for hydroxylation is 1. The molecule has 0 amide bonds. The zero-order valence-electron chi connectivity index (χ0n) is 10.0. The van der Waals surface area contributed by atoms with Gasteiger partial charge in [0.05, 0.1) is 6.07 Å². The van der Waals surface area contributed by atoms with Crippen LogP contribution in [-0.2, 0) is 5.54 Å². The second kappa shape index (κ2) is 4.27. The second-order valence-corrected chi connectivity index (χ2v) is 4.74. The fraction of sp³-hybridized carbons (Fsp3) is 0.500. The van der Waals surface area contributed by atoms with E-state index >= 15 is 0 Å². The lowest BCUT2D eigenvalue weighted by Gasteiger charge is -2.32. The summed E-state index contributed by atoms with van der Waals surface area (Å²) in [6.07, 6.45) is 2.42. The molecule has 1 aliphatic heterocycles. The number of likely N-dealkylation sites (tertiary alicyclic amines) is 1. The Labute approximate surface area is 97.5 Å². The molecule has 1 aromatic carbocycles. The van der Waals surface area contributed by atoms with Gasteiger partial charge in [-0.05, 0) is 45.3 Å². The Balaban J connectivity index is 2.34. The van der Waals surface area contributed by atoms with Crippen molar-refractivity contribution in [1.82, 2.24) is 4.90 Å². The molecular formula is C14H18N2. The van der Waals surface area contributed by atoms with E-state index in [1.807, 2.05) is 6.92 Å². The second-order valence-electron chi connectivity index (χ2n) is 4.74. The zero-order chi connectivity index (χ0) is 11.6. The predicted octanol–water partition coefficient (Wildman–Crippen LogP) is 2.83. The molecule has 1 fully saturated rings. The van der Waals surface area contributed by atoms with Crippen LogP contribution in [0.5, 0.6) is 0 Å². The minimum absolute atomic E-state index is 0.454. The third kappa shape index (κ3) is 1.83. The summed E-state index contributed by atoms with van der Waals surface area (Å²) in [5.74, 6) is 0. The Hall–Kier alpha value is -1.33. The van der Waals surface area contributed by atoms with Gasteiger partial charge in [-0.1, -0.05) is 29.8 Å². The highest BCUT2D eigenvalue weighted by atomic mass is 15.2. The van der Waals surface area contributed by atoms with E-state index in [0.29, 0.717) is 0 Å². The minimum atomic E-state index is -0.454. The molecule has 0 saturated carbocycles. The molecule has 1 aliphatic rings. The number of hydrogen-bond acceptors (Lipinski definition) is 2. The number of nitriles is 1. The molecule has 2 rings (SSSR count). The first kappa shape index (κ1) is 11.2. The molecule has 0 spiro atoms. The van der Waals surface area contributed by atoms with Crippen LogP contribution in [-0.4, -0.2) is 18.0 Å². The molecule has 84 valence electrons. The lowest BCUT2D eigenvalue weighted by Crippen LogP contribution is -2.40. The van der Waals surface area contributed by atoms with E-state index in [4.69, 9.17) is 0 Å². The summed E-state index contributed by atoms with van der Waals surface area (Å²) in [5.41, 5.74) is 1.90. The van der Waals surface area contributed by atoms with Crippen LogP contribution in [0.2, 0.25) is 0 Å². The maximum atomic E-state index is 9.48. The maximum absolute atomic E-state index is 9.48. The van der Waals surface area contributed by atoms with Crippen LogP contribution in [0.15, 0.2) is 24.3 Å². The van der Waals surface area contributed by atoms with Gasteiger partial charge in [-0.15, -0.1) is 0 Å². The summed E-state index contributed by atoms with van der Waals surface area (Å²) in [5, 5.41) is 9.48. The Bertz CT molecular complexity index is 396. The summed E-state index contributed by atoms with van der Waals surface area (Å²) >= 11 is 0. The highest BCUT2D eigenvalue weighted by Gasteiger charge is 2.35. The quantitative estimate of drug-likeness (QED) is 0.757. The van der Waals surface area contributed by atoms with E-state index in [0.717, 1.165) is 18.7 Å². The summed E-state index contributed by atoms with van der Waals surface area (Å²) in [4.78, 5) is 2.29. The van der Waals surface area contributed by atoms with Crippen LogP contribution in [0, 0.1) is 18.3 Å². The molecule has 2 heteroatoms. The molecule has 1 saturated heterocycles. The smallest absolute Gasteiger partial charge is 0.131 e. The lowest BCUT2D eigenvalue weighted by molar-refractivity contribution is 0.193. The monoisotopic (exact) mass is 214 g/mol. The third-order valence-corrected chi connectivity index (χ3v) is 3.57. The van der Waals surface area contributed by atoms with Gasteiger partial charge in [-0.25, -0.2) is 0 Å². The van der Waals surface area contributed by atoms with Crippen molar-refractivity contribution in [3.8, 4) is 6.07 Å². The normalized spacial score (nSPS) is 20.3. The van der Waals surface area contributed by atoms with Gasteiger partial charge in [-0.2, -0.15) is 5.26 Å². The van der Waals surface area contributed by atoms with Crippen molar-refractivity contribution in [3.05, 3.63) is 35.4 Å². The van der Waals surface area contributed by atoms with Crippen molar-refractivity contribution in [2.24, 2.45) is 0 Å². The fourth-order valence-electron chi connectivity index (χ4n) is 2.36. The summed E-state index contributed by atoms with van der Waals surface area (Å²) < 4.78 is 0. The summed E-state index contributed by atoms with van der Waals surface area (Å²) in [7, 11) is 0. The average Bonchev–Trinajstić information content (AvgIpc) is 2.83. The van der Waals surface area contributed by atoms with Gasteiger partial charge in [0.25, 0.3) is 0 Å². The van der Waals surface area contributed by atoms with Crippen molar-refractivity contribution in [1.29, 1.82) is 5.26 Å². The molecule has 1 atom stereocenters. The number of hydrogen-bond donors (Lipinski definition) is 0. The molecule has 1 unspecified atom stereocenters. The van der Waals surface area contributed by atoms with Gasteiger partial charge in [0, 0.05) is 0 Å². The van der Waals surface area contributed by atoms with Crippen molar-refractivity contribution < 1.29 is 0 Å². The molecule has 0 aromatic heterocycles. The van der Waals surface area contributed by atoms with E-state index in [1.54, 1.807) is 0 Å². The van der Waals surface area contributed by atoms with E-state index in [-0.39, 0.29) is 0 Å². The van der Waals surface area contributed by atoms with Gasteiger partial charge < -0.3 is 0 Å². The van der Waals surface area contributed by atoms with Crippen molar-refractivity contribution in [2.45, 2.75) is 32.2 Å². The predicted molar refractivity (Wildman–Crippen MR) is 65.0 cm³/mol. The third-order valence-electron chi connectivity index (χ3n) is 3.57. The van der Waals surface area contributed by atoms with Gasteiger partial charge in [0.15, 0.2) is 0 Å². The standard InChI is InChI=1S/C14H18N2/c1-12-5-7-13(8-6-12)14(2,11-15)16-9-3-4-10-16/h5-8H,3-4,9-10H2,1-2H3. The van der Waals surface area contributed by atoms with E-state index < -0.39 is 5.54 Å². The Kier molecular flexibility index (Phi) is 2.98. The van der Waals surface area contributed by atoms with Crippen LogP contribution in [0.1, 0.15) is 30.9 Å². The van der Waals surface area contributed by atoms with Crippen molar-refractivity contribution >= 4 is 0 Å². The molecule has 1 aromatic rings. The molecule has 0 radical (unpaired) electrons. The highest BCUT2D eigenvalue weighted by molar-refractivity contribution is 5.33. The Morgan fingerprint density at radius 1 is 1.19 bits per heavy atom. The maximum Gasteiger partial charge on any atom is 0.131 e. The van der Waals surface area contributed by atoms with Crippen LogP contribution in [0.25, 0.3) is 0 Å². The first-order valence-corrected chi connectivity index (χ1v) is 5.90. The number of nitrogens with zero attached hydrogens (tertiary/aromatic N) is 2. The molecule has 16 heavy (non-hydrogen) atoms. The zero-order valence-corrected chi connectivity index (χ0v) is 10.0. The Morgan fingerprint density at radius 2 is 1.75 bits per heavy atom. The fourth-order valence-corrected chi connectivity index (χ4v) is 2.36. The van der Waals surface area contributed by atoms with E-state index in [9.17, 15) is 5.26 Å². The largest absolute Gasteiger partial charge is 0.282 e. The van der Waals surface area contributed by atoms with Gasteiger partial charge in [0.2, 0.25) is 0 Å². The van der Waals surface area contributed by atoms with E-state index in [2.05, 4.69) is 42.2 Å². The van der Waals surface area contributed by atoms with Gasteiger partial charge >= 0.3 is 0 Å². The first-order chi connectivity index (χ1) is 7.66. The van der Waals surface area contributed by atoms with E-state index in [1.165, 1.54) is 18.4 Å². The summed E-state index contributed by atoms with van der Waals surface area (Å²) in [6.45, 7) is 6.18. The topological polar surface area (TPSA) is 27.0 Å². The van der Waals surface area contributed by atoms with Crippen LogP contribution >= 0.6 is 0 Å². The molecular weight excluding hydrogens is 196 g/mol. The molecule has 2 nitrogen and oxygen atoms in total. The molecule has 0 bridgehead atoms. The average molecular weight is 214 g/mol. The summed E-state index contributed by atoms with van der Waals surface area (Å²) in [6, 6.07) is 10.8. The Morgan fingerprint density at radius 3 is 2.25 bits per heavy atom. The highest BCUT2D eigenvalue weighted by Crippen LogP contribution is 2.30. The van der Waals surface area contributed by atoms with Crippen molar-refractivity contribution in [3.63, 3.8) is 0 Å². The molecule has 1 heterocycles. The SMILES string of the molecule is Cc1ccc(C(C)(C#N)N2CCCC2)cc1. The van der Waals surface area contributed by atoms with Crippen LogP contribution < -0.4 is 0 Å². The van der Waals surface area contributed by atoms with Crippen LogP contribution in [0.3, 0.4) is 0 Å². The van der Waals surface area contributed by atoms with Gasteiger partial charge in [0.1, 0.15) is 5.54 Å². The minimum Gasteiger partial charge on any atom is -0.282 e. The number of rotatable bonds is 2. The van der Waals surface area contributed by atoms with Crippen LogP contribution in [0.4, 0.5) is 0 Å². The first-order valence-electron chi connectivity index (χ1n) is 5.90. The lowest BCUT2D eigenvalue weighted by atomic mass is 9.91. The molecule has 0 N–H and O–H groups in total. The van der Waals surface area contributed by atoms with Gasteiger partial charge in [-0.3, -0.25) is 4.90 Å². The number of benzene rings is 1. The molecule has 0 aliphatic carbocycles.